The van der Waals surface area contributed by atoms with Gasteiger partial charge in [-0.2, -0.15) is 0 Å². The van der Waals surface area contributed by atoms with Crippen molar-refractivity contribution >= 4 is 17.9 Å². The molecular weight excluding hydrogens is 262 g/mol. The second-order valence-corrected chi connectivity index (χ2v) is 5.05. The summed E-state index contributed by atoms with van der Waals surface area (Å²) in [6.45, 7) is 5.56. The molecule has 7 heteroatoms. The van der Waals surface area contributed by atoms with Crippen LogP contribution in [0.25, 0.3) is 0 Å². The second kappa shape index (κ2) is 8.39. The Morgan fingerprint density at radius 2 is 1.80 bits per heavy atom. The molecule has 0 saturated carbocycles. The number of urea groups is 1. The van der Waals surface area contributed by atoms with Crippen LogP contribution in [0, 0.1) is 11.8 Å². The molecule has 3 amide bonds. The van der Waals surface area contributed by atoms with Crippen LogP contribution in [-0.4, -0.2) is 54.6 Å². The summed E-state index contributed by atoms with van der Waals surface area (Å²) >= 11 is 0. The zero-order chi connectivity index (χ0) is 15.9. The van der Waals surface area contributed by atoms with Gasteiger partial charge in [0.05, 0.1) is 5.92 Å². The highest BCUT2D eigenvalue weighted by atomic mass is 16.4. The highest BCUT2D eigenvalue weighted by Gasteiger charge is 2.27. The Labute approximate surface area is 119 Å². The summed E-state index contributed by atoms with van der Waals surface area (Å²) < 4.78 is 0. The van der Waals surface area contributed by atoms with Gasteiger partial charge in [0, 0.05) is 20.6 Å². The number of aliphatic carboxylic acids is 1. The molecule has 0 aromatic heterocycles. The first kappa shape index (κ1) is 18.2. The summed E-state index contributed by atoms with van der Waals surface area (Å²) in [5, 5.41) is 14.1. The average Bonchev–Trinajstić information content (AvgIpc) is 2.41. The van der Waals surface area contributed by atoms with Gasteiger partial charge in [0.2, 0.25) is 5.91 Å². The zero-order valence-electron chi connectivity index (χ0n) is 12.8. The number of carboxylic acids is 1. The van der Waals surface area contributed by atoms with E-state index in [-0.39, 0.29) is 24.3 Å². The quantitative estimate of drug-likeness (QED) is 0.635. The van der Waals surface area contributed by atoms with E-state index in [1.165, 1.54) is 19.0 Å². The molecule has 2 unspecified atom stereocenters. The molecule has 116 valence electrons. The van der Waals surface area contributed by atoms with Gasteiger partial charge in [0.15, 0.2) is 0 Å². The molecule has 0 heterocycles. The van der Waals surface area contributed by atoms with Crippen LogP contribution < -0.4 is 10.6 Å². The van der Waals surface area contributed by atoms with Crippen LogP contribution in [0.1, 0.15) is 27.2 Å². The van der Waals surface area contributed by atoms with E-state index >= 15 is 0 Å². The summed E-state index contributed by atoms with van der Waals surface area (Å²) in [7, 11) is 3.06. The van der Waals surface area contributed by atoms with Gasteiger partial charge in [-0.25, -0.2) is 9.59 Å². The highest BCUT2D eigenvalue weighted by molar-refractivity contribution is 5.83. The van der Waals surface area contributed by atoms with Gasteiger partial charge in [-0.15, -0.1) is 0 Å². The number of amides is 3. The lowest BCUT2D eigenvalue weighted by atomic mass is 9.99. The molecule has 0 radical (unpaired) electrons. The minimum atomic E-state index is -1.06. The van der Waals surface area contributed by atoms with E-state index in [4.69, 9.17) is 5.11 Å². The number of hydrogen-bond acceptors (Lipinski definition) is 3. The van der Waals surface area contributed by atoms with E-state index in [9.17, 15) is 14.4 Å². The van der Waals surface area contributed by atoms with Crippen LogP contribution in [0.5, 0.6) is 0 Å². The summed E-state index contributed by atoms with van der Waals surface area (Å²) in [5.41, 5.74) is 0. The molecule has 0 bridgehead atoms. The summed E-state index contributed by atoms with van der Waals surface area (Å²) in [6.07, 6.45) is 0.648. The van der Waals surface area contributed by atoms with Gasteiger partial charge in [-0.3, -0.25) is 4.79 Å². The Morgan fingerprint density at radius 1 is 1.25 bits per heavy atom. The molecule has 0 aliphatic carbocycles. The van der Waals surface area contributed by atoms with Gasteiger partial charge in [-0.1, -0.05) is 27.2 Å². The molecule has 0 saturated heterocycles. The van der Waals surface area contributed by atoms with Crippen LogP contribution in [0.15, 0.2) is 0 Å². The van der Waals surface area contributed by atoms with Crippen LogP contribution >= 0.6 is 0 Å². The fourth-order valence-corrected chi connectivity index (χ4v) is 1.75. The van der Waals surface area contributed by atoms with Crippen LogP contribution in [0.2, 0.25) is 0 Å². The van der Waals surface area contributed by atoms with Gasteiger partial charge in [0.1, 0.15) is 6.04 Å². The van der Waals surface area contributed by atoms with E-state index in [1.54, 1.807) is 13.8 Å². The molecule has 7 nitrogen and oxygen atoms in total. The normalized spacial score (nSPS) is 14.8. The minimum Gasteiger partial charge on any atom is -0.480 e. The number of carbonyl (C=O) groups is 3. The van der Waals surface area contributed by atoms with Gasteiger partial charge >= 0.3 is 12.0 Å². The topological polar surface area (TPSA) is 98.7 Å². The summed E-state index contributed by atoms with van der Waals surface area (Å²) in [6, 6.07) is -1.42. The minimum absolute atomic E-state index is 0.165. The Kier molecular flexibility index (Phi) is 7.64. The predicted molar refractivity (Wildman–Crippen MR) is 75.3 cm³/mol. The predicted octanol–water partition coefficient (Wildman–Crippen LogP) is 0.509. The first-order valence-corrected chi connectivity index (χ1v) is 6.70. The smallest absolute Gasteiger partial charge is 0.326 e. The third-order valence-electron chi connectivity index (χ3n) is 3.35. The van der Waals surface area contributed by atoms with E-state index in [1.807, 2.05) is 6.92 Å². The fraction of sp³-hybridized carbons (Fsp3) is 0.769. The third-order valence-corrected chi connectivity index (χ3v) is 3.35. The maximum absolute atomic E-state index is 11.9. The molecule has 0 aliphatic heterocycles. The molecule has 3 N–H and O–H groups in total. The molecule has 0 aliphatic rings. The first-order valence-electron chi connectivity index (χ1n) is 6.70. The van der Waals surface area contributed by atoms with Crippen molar-refractivity contribution < 1.29 is 19.5 Å². The van der Waals surface area contributed by atoms with E-state index in [2.05, 4.69) is 10.6 Å². The maximum atomic E-state index is 11.9. The molecular formula is C13H25N3O4. The average molecular weight is 287 g/mol. The number of nitrogens with one attached hydrogen (secondary N) is 2. The van der Waals surface area contributed by atoms with Crippen molar-refractivity contribution in [2.24, 2.45) is 11.8 Å². The van der Waals surface area contributed by atoms with Crippen molar-refractivity contribution in [2.75, 3.05) is 20.6 Å². The van der Waals surface area contributed by atoms with Crippen molar-refractivity contribution in [3.8, 4) is 0 Å². The molecule has 0 fully saturated rings. The first-order chi connectivity index (χ1) is 9.24. The SMILES string of the molecule is CCC(C)[C@H](NC(=O)N(C)CC(C)C(=O)NC)C(=O)O. The van der Waals surface area contributed by atoms with Gasteiger partial charge in [-0.05, 0) is 5.92 Å². The standard InChI is InChI=1S/C13H25N3O4/c1-6-8(2)10(12(18)19)15-13(20)16(5)7-9(3)11(17)14-4/h8-10H,6-7H2,1-5H3,(H,14,17)(H,15,20)(H,18,19)/t8?,9?,10-/m0/s1. The Morgan fingerprint density at radius 3 is 2.20 bits per heavy atom. The number of rotatable bonds is 7. The lowest BCUT2D eigenvalue weighted by Gasteiger charge is -2.25. The van der Waals surface area contributed by atoms with Crippen molar-refractivity contribution in [2.45, 2.75) is 33.2 Å². The number of carbonyl (C=O) groups excluding carboxylic acids is 2. The van der Waals surface area contributed by atoms with E-state index in [0.717, 1.165) is 0 Å². The summed E-state index contributed by atoms with van der Waals surface area (Å²) in [5.74, 6) is -1.74. The van der Waals surface area contributed by atoms with Crippen molar-refractivity contribution in [3.63, 3.8) is 0 Å². The van der Waals surface area contributed by atoms with Crippen LogP contribution in [0.3, 0.4) is 0 Å². The Balaban J connectivity index is 4.57. The van der Waals surface area contributed by atoms with E-state index < -0.39 is 18.0 Å². The monoisotopic (exact) mass is 287 g/mol. The largest absolute Gasteiger partial charge is 0.480 e. The Hall–Kier alpha value is -1.79. The number of hydrogen-bond donors (Lipinski definition) is 3. The number of carboxylic acid groups (broad SMARTS) is 1. The second-order valence-electron chi connectivity index (χ2n) is 5.05. The zero-order valence-corrected chi connectivity index (χ0v) is 12.8. The fourth-order valence-electron chi connectivity index (χ4n) is 1.75. The summed E-state index contributed by atoms with van der Waals surface area (Å²) in [4.78, 5) is 35.8. The third kappa shape index (κ3) is 5.46. The molecule has 0 aromatic rings. The lowest BCUT2D eigenvalue weighted by Crippen LogP contribution is -2.50. The van der Waals surface area contributed by atoms with Crippen molar-refractivity contribution in [1.29, 1.82) is 0 Å². The number of nitrogens with zero attached hydrogens (tertiary/aromatic N) is 1. The molecule has 0 aromatic carbocycles. The van der Waals surface area contributed by atoms with Crippen LogP contribution in [-0.2, 0) is 9.59 Å². The lowest BCUT2D eigenvalue weighted by molar-refractivity contribution is -0.140. The van der Waals surface area contributed by atoms with Crippen molar-refractivity contribution in [1.82, 2.24) is 15.5 Å². The van der Waals surface area contributed by atoms with Crippen molar-refractivity contribution in [3.05, 3.63) is 0 Å². The molecule has 0 rings (SSSR count). The molecule has 3 atom stereocenters. The van der Waals surface area contributed by atoms with Crippen LogP contribution in [0.4, 0.5) is 4.79 Å². The highest BCUT2D eigenvalue weighted by Crippen LogP contribution is 2.08. The Bertz CT molecular complexity index is 360. The van der Waals surface area contributed by atoms with Gasteiger partial charge < -0.3 is 20.6 Å². The van der Waals surface area contributed by atoms with Gasteiger partial charge in [0.25, 0.3) is 0 Å². The molecule has 20 heavy (non-hydrogen) atoms. The van der Waals surface area contributed by atoms with E-state index in [0.29, 0.717) is 6.42 Å². The molecule has 0 spiro atoms. The maximum Gasteiger partial charge on any atom is 0.326 e.